The van der Waals surface area contributed by atoms with Gasteiger partial charge in [-0.05, 0) is 42.9 Å². The number of rotatable bonds is 5. The smallest absolute Gasteiger partial charge is 0.337 e. The van der Waals surface area contributed by atoms with Gasteiger partial charge in [0.1, 0.15) is 0 Å². The monoisotopic (exact) mass is 289 g/mol. The van der Waals surface area contributed by atoms with Crippen LogP contribution >= 0.6 is 0 Å². The standard InChI is InChI=1S/C18H27NO2/c1-14(19-13-18(2)11-5-4-6-12-18)15-7-9-16(10-8-15)17(20)21-3/h7-10,14,19H,4-6,11-13H2,1-3H3. The van der Waals surface area contributed by atoms with E-state index in [4.69, 9.17) is 4.74 Å². The minimum atomic E-state index is -0.281. The molecule has 3 heteroatoms. The molecule has 1 unspecified atom stereocenters. The molecular weight excluding hydrogens is 262 g/mol. The minimum absolute atomic E-state index is 0.281. The van der Waals surface area contributed by atoms with E-state index in [2.05, 4.69) is 19.2 Å². The molecule has 1 saturated carbocycles. The van der Waals surface area contributed by atoms with Crippen LogP contribution in [0.1, 0.15) is 67.9 Å². The Morgan fingerprint density at radius 3 is 2.43 bits per heavy atom. The molecular formula is C18H27NO2. The SMILES string of the molecule is COC(=O)c1ccc(C(C)NCC2(C)CCCCC2)cc1. The van der Waals surface area contributed by atoms with Crippen LogP contribution in [-0.4, -0.2) is 19.6 Å². The molecule has 116 valence electrons. The predicted molar refractivity (Wildman–Crippen MR) is 85.4 cm³/mol. The zero-order chi connectivity index (χ0) is 15.3. The first-order chi connectivity index (χ1) is 10.0. The van der Waals surface area contributed by atoms with E-state index in [0.717, 1.165) is 6.54 Å². The molecule has 0 heterocycles. The van der Waals surface area contributed by atoms with Crippen LogP contribution in [-0.2, 0) is 4.74 Å². The van der Waals surface area contributed by atoms with E-state index in [1.807, 2.05) is 24.3 Å². The molecule has 0 spiro atoms. The number of benzene rings is 1. The van der Waals surface area contributed by atoms with Gasteiger partial charge >= 0.3 is 5.97 Å². The predicted octanol–water partition coefficient (Wildman–Crippen LogP) is 4.09. The number of ether oxygens (including phenoxy) is 1. The Balaban J connectivity index is 1.90. The number of carbonyl (C=O) groups is 1. The summed E-state index contributed by atoms with van der Waals surface area (Å²) < 4.78 is 4.72. The number of esters is 1. The molecule has 0 aromatic heterocycles. The Morgan fingerprint density at radius 1 is 1.24 bits per heavy atom. The van der Waals surface area contributed by atoms with Crippen molar-refractivity contribution in [2.75, 3.05) is 13.7 Å². The third kappa shape index (κ3) is 4.31. The Morgan fingerprint density at radius 2 is 1.86 bits per heavy atom. The highest BCUT2D eigenvalue weighted by atomic mass is 16.5. The molecule has 21 heavy (non-hydrogen) atoms. The van der Waals surface area contributed by atoms with Gasteiger partial charge in [0.25, 0.3) is 0 Å². The van der Waals surface area contributed by atoms with Crippen LogP contribution < -0.4 is 5.32 Å². The highest BCUT2D eigenvalue weighted by molar-refractivity contribution is 5.89. The van der Waals surface area contributed by atoms with Crippen molar-refractivity contribution in [1.82, 2.24) is 5.32 Å². The second-order valence-corrected chi connectivity index (χ2v) is 6.59. The first-order valence-electron chi connectivity index (χ1n) is 7.96. The molecule has 0 radical (unpaired) electrons. The van der Waals surface area contributed by atoms with E-state index >= 15 is 0 Å². The van der Waals surface area contributed by atoms with Crippen molar-refractivity contribution in [1.29, 1.82) is 0 Å². The van der Waals surface area contributed by atoms with Crippen molar-refractivity contribution in [3.8, 4) is 0 Å². The summed E-state index contributed by atoms with van der Waals surface area (Å²) >= 11 is 0. The highest BCUT2D eigenvalue weighted by Crippen LogP contribution is 2.35. The Labute approximate surface area is 128 Å². The number of carbonyl (C=O) groups excluding carboxylic acids is 1. The fraction of sp³-hybridized carbons (Fsp3) is 0.611. The molecule has 1 fully saturated rings. The van der Waals surface area contributed by atoms with Gasteiger partial charge < -0.3 is 10.1 Å². The molecule has 3 nitrogen and oxygen atoms in total. The highest BCUT2D eigenvalue weighted by Gasteiger charge is 2.26. The van der Waals surface area contributed by atoms with Crippen LogP contribution in [0.3, 0.4) is 0 Å². The zero-order valence-corrected chi connectivity index (χ0v) is 13.4. The summed E-state index contributed by atoms with van der Waals surface area (Å²) in [4.78, 5) is 11.4. The number of hydrogen-bond donors (Lipinski definition) is 1. The summed E-state index contributed by atoms with van der Waals surface area (Å²) in [6.07, 6.45) is 6.77. The quantitative estimate of drug-likeness (QED) is 0.830. The summed E-state index contributed by atoms with van der Waals surface area (Å²) in [6.45, 7) is 5.64. The molecule has 1 aromatic carbocycles. The first-order valence-corrected chi connectivity index (χ1v) is 7.96. The Bertz CT molecular complexity index is 461. The molecule has 0 bridgehead atoms. The van der Waals surface area contributed by atoms with Crippen molar-refractivity contribution in [2.24, 2.45) is 5.41 Å². The molecule has 1 aromatic rings. The van der Waals surface area contributed by atoms with Gasteiger partial charge in [0, 0.05) is 12.6 Å². The lowest BCUT2D eigenvalue weighted by molar-refractivity contribution is 0.0600. The van der Waals surface area contributed by atoms with Crippen molar-refractivity contribution in [3.63, 3.8) is 0 Å². The number of hydrogen-bond acceptors (Lipinski definition) is 3. The maximum atomic E-state index is 11.4. The second-order valence-electron chi connectivity index (χ2n) is 6.59. The van der Waals surface area contributed by atoms with E-state index in [1.54, 1.807) is 0 Å². The Kier molecular flexibility index (Phi) is 5.40. The van der Waals surface area contributed by atoms with Gasteiger partial charge in [-0.3, -0.25) is 0 Å². The molecule has 0 aliphatic heterocycles. The van der Waals surface area contributed by atoms with E-state index < -0.39 is 0 Å². The van der Waals surface area contributed by atoms with Gasteiger partial charge in [-0.1, -0.05) is 38.3 Å². The fourth-order valence-electron chi connectivity index (χ4n) is 3.13. The van der Waals surface area contributed by atoms with E-state index in [0.29, 0.717) is 17.0 Å². The van der Waals surface area contributed by atoms with Crippen molar-refractivity contribution in [3.05, 3.63) is 35.4 Å². The lowest BCUT2D eigenvalue weighted by atomic mass is 9.75. The maximum absolute atomic E-state index is 11.4. The fourth-order valence-corrected chi connectivity index (χ4v) is 3.13. The largest absolute Gasteiger partial charge is 0.465 e. The maximum Gasteiger partial charge on any atom is 0.337 e. The Hall–Kier alpha value is -1.35. The second kappa shape index (κ2) is 7.08. The number of methoxy groups -OCH3 is 1. The molecule has 1 aliphatic carbocycles. The summed E-state index contributed by atoms with van der Waals surface area (Å²) in [5.41, 5.74) is 2.26. The van der Waals surface area contributed by atoms with E-state index in [9.17, 15) is 4.79 Å². The third-order valence-corrected chi connectivity index (χ3v) is 4.73. The molecule has 1 aliphatic rings. The van der Waals surface area contributed by atoms with Gasteiger partial charge in [-0.25, -0.2) is 4.79 Å². The minimum Gasteiger partial charge on any atom is -0.465 e. The molecule has 1 N–H and O–H groups in total. The van der Waals surface area contributed by atoms with Gasteiger partial charge in [0.05, 0.1) is 12.7 Å². The zero-order valence-electron chi connectivity index (χ0n) is 13.4. The summed E-state index contributed by atoms with van der Waals surface area (Å²) in [7, 11) is 1.41. The van der Waals surface area contributed by atoms with Crippen LogP contribution in [0.25, 0.3) is 0 Å². The van der Waals surface area contributed by atoms with Crippen molar-refractivity contribution >= 4 is 5.97 Å². The topological polar surface area (TPSA) is 38.3 Å². The molecule has 0 saturated heterocycles. The average Bonchev–Trinajstić information content (AvgIpc) is 2.53. The molecule has 2 rings (SSSR count). The van der Waals surface area contributed by atoms with Crippen LogP contribution in [0.15, 0.2) is 24.3 Å². The lowest BCUT2D eigenvalue weighted by Gasteiger charge is -2.35. The van der Waals surface area contributed by atoms with Gasteiger partial charge in [0.15, 0.2) is 0 Å². The van der Waals surface area contributed by atoms with Crippen molar-refractivity contribution < 1.29 is 9.53 Å². The molecule has 1 atom stereocenters. The summed E-state index contributed by atoms with van der Waals surface area (Å²) in [5.74, 6) is -0.281. The molecule has 0 amide bonds. The summed E-state index contributed by atoms with van der Waals surface area (Å²) in [5, 5.41) is 3.66. The normalized spacial score (nSPS) is 19.0. The average molecular weight is 289 g/mol. The third-order valence-electron chi connectivity index (χ3n) is 4.73. The van der Waals surface area contributed by atoms with E-state index in [1.165, 1.54) is 44.8 Å². The number of nitrogens with one attached hydrogen (secondary N) is 1. The first kappa shape index (κ1) is 16.0. The van der Waals surface area contributed by atoms with Crippen LogP contribution in [0.2, 0.25) is 0 Å². The van der Waals surface area contributed by atoms with E-state index in [-0.39, 0.29) is 5.97 Å². The van der Waals surface area contributed by atoms with Crippen LogP contribution in [0.5, 0.6) is 0 Å². The van der Waals surface area contributed by atoms with Crippen molar-refractivity contribution in [2.45, 2.75) is 52.0 Å². The van der Waals surface area contributed by atoms with Crippen LogP contribution in [0.4, 0.5) is 0 Å². The van der Waals surface area contributed by atoms with Gasteiger partial charge in [-0.2, -0.15) is 0 Å². The summed E-state index contributed by atoms with van der Waals surface area (Å²) in [6, 6.07) is 7.99. The van der Waals surface area contributed by atoms with Gasteiger partial charge in [-0.15, -0.1) is 0 Å². The van der Waals surface area contributed by atoms with Gasteiger partial charge in [0.2, 0.25) is 0 Å². The van der Waals surface area contributed by atoms with Crippen LogP contribution in [0, 0.1) is 5.41 Å². The lowest BCUT2D eigenvalue weighted by Crippen LogP contribution is -2.34.